The molecular formula is C4H5O2S-. The van der Waals surface area contributed by atoms with E-state index in [1.165, 1.54) is 6.92 Å². The summed E-state index contributed by atoms with van der Waals surface area (Å²) >= 11 is 4.10. The van der Waals surface area contributed by atoms with E-state index in [0.717, 1.165) is 0 Å². The Kier molecular flexibility index (Phi) is 2.52. The molecule has 0 heterocycles. The Morgan fingerprint density at radius 1 is 1.57 bits per heavy atom. The average molecular weight is 117 g/mol. The molecule has 0 bridgehead atoms. The van der Waals surface area contributed by atoms with E-state index in [0.29, 0.717) is 0 Å². The quantitative estimate of drug-likeness (QED) is 0.378. The van der Waals surface area contributed by atoms with Crippen LogP contribution in [-0.2, 0) is 22.2 Å². The predicted octanol–water partition coefficient (Wildman–Crippen LogP) is 0.0390. The minimum Gasteiger partial charge on any atom is -0.742 e. The van der Waals surface area contributed by atoms with Gasteiger partial charge in [0.05, 0.1) is 0 Å². The summed E-state index contributed by atoms with van der Waals surface area (Å²) in [6.45, 7) is 1.34. The van der Waals surface area contributed by atoms with E-state index >= 15 is 0 Å². The van der Waals surface area contributed by atoms with Crippen molar-refractivity contribution in [3.8, 4) is 0 Å². The molecule has 0 N–H and O–H groups in total. The molecule has 0 radical (unpaired) electrons. The first-order chi connectivity index (χ1) is 3.13. The van der Waals surface area contributed by atoms with Crippen LogP contribution in [-0.4, -0.2) is 10.9 Å². The third-order valence-electron chi connectivity index (χ3n) is 0.393. The minimum atomic E-state index is -0.479. The molecule has 0 rings (SSSR count). The molecule has 0 amide bonds. The van der Waals surface area contributed by atoms with Crippen LogP contribution in [0, 0.1) is 0 Å². The van der Waals surface area contributed by atoms with Crippen molar-refractivity contribution in [3.05, 3.63) is 0 Å². The van der Waals surface area contributed by atoms with Crippen LogP contribution >= 0.6 is 0 Å². The molecule has 40 valence electrons. The van der Waals surface area contributed by atoms with Crippen LogP contribution in [0.3, 0.4) is 0 Å². The van der Waals surface area contributed by atoms with E-state index in [9.17, 15) is 9.59 Å². The maximum Gasteiger partial charge on any atom is 0.135 e. The maximum atomic E-state index is 9.97. The van der Waals surface area contributed by atoms with E-state index in [-0.39, 0.29) is 12.2 Å². The second kappa shape index (κ2) is 2.69. The highest BCUT2D eigenvalue weighted by molar-refractivity contribution is 7.77. The lowest BCUT2D eigenvalue weighted by molar-refractivity contribution is -0.121. The van der Waals surface area contributed by atoms with Crippen molar-refractivity contribution in [1.29, 1.82) is 0 Å². The van der Waals surface area contributed by atoms with Crippen molar-refractivity contribution < 1.29 is 9.59 Å². The smallest absolute Gasteiger partial charge is 0.135 e. The van der Waals surface area contributed by atoms with Crippen LogP contribution < -0.4 is 0 Å². The van der Waals surface area contributed by atoms with Gasteiger partial charge in [-0.3, -0.25) is 4.79 Å². The zero-order chi connectivity index (χ0) is 5.86. The zero-order valence-electron chi connectivity index (χ0n) is 3.93. The van der Waals surface area contributed by atoms with Crippen LogP contribution in [0.25, 0.3) is 0 Å². The molecule has 0 spiro atoms. The van der Waals surface area contributed by atoms with E-state index in [2.05, 4.69) is 12.6 Å². The second-order valence-corrected chi connectivity index (χ2v) is 1.71. The van der Waals surface area contributed by atoms with Crippen molar-refractivity contribution in [1.82, 2.24) is 0 Å². The number of ketones is 1. The van der Waals surface area contributed by atoms with E-state index in [4.69, 9.17) is 0 Å². The van der Waals surface area contributed by atoms with Crippen molar-refractivity contribution in [3.63, 3.8) is 0 Å². The summed E-state index contributed by atoms with van der Waals surface area (Å²) in [6.07, 6.45) is -0.102. The highest BCUT2D eigenvalue weighted by Gasteiger charge is 1.88. The van der Waals surface area contributed by atoms with Gasteiger partial charge in [-0.05, 0) is 6.92 Å². The number of hydrogen-bond acceptors (Lipinski definition) is 3. The second-order valence-electron chi connectivity index (χ2n) is 1.25. The molecule has 3 heteroatoms. The van der Waals surface area contributed by atoms with Gasteiger partial charge < -0.3 is 17.4 Å². The lowest BCUT2D eigenvalue weighted by atomic mass is 10.3. The van der Waals surface area contributed by atoms with Gasteiger partial charge in [-0.1, -0.05) is 0 Å². The minimum absolute atomic E-state index is 0.102. The van der Waals surface area contributed by atoms with Crippen molar-refractivity contribution in [2.24, 2.45) is 0 Å². The molecule has 2 nitrogen and oxygen atoms in total. The fourth-order valence-electron chi connectivity index (χ4n) is 0.203. The molecule has 0 aliphatic rings. The number of rotatable bonds is 2. The number of carbonyl (C=O) groups is 2. The Morgan fingerprint density at radius 3 is 2.00 bits per heavy atom. The Bertz CT molecular complexity index is 85.9. The molecule has 0 saturated carbocycles. The van der Waals surface area contributed by atoms with E-state index in [1.54, 1.807) is 0 Å². The average Bonchev–Trinajstić information content (AvgIpc) is 1.27. The summed E-state index contributed by atoms with van der Waals surface area (Å²) in [5.41, 5.74) is 0. The Labute approximate surface area is 47.3 Å². The zero-order valence-corrected chi connectivity index (χ0v) is 4.75. The van der Waals surface area contributed by atoms with Gasteiger partial charge in [0.2, 0.25) is 0 Å². The number of hydrogen-bond donors (Lipinski definition) is 0. The lowest BCUT2D eigenvalue weighted by Crippen LogP contribution is -1.98. The van der Waals surface area contributed by atoms with Crippen LogP contribution in [0.4, 0.5) is 0 Å². The molecule has 0 aromatic rings. The normalized spacial score (nSPS) is 8.14. The molecule has 0 saturated heterocycles. The Balaban J connectivity index is 3.32. The topological polar surface area (TPSA) is 34.1 Å². The van der Waals surface area contributed by atoms with Gasteiger partial charge in [-0.15, -0.1) is 0 Å². The molecule has 0 aliphatic carbocycles. The summed E-state index contributed by atoms with van der Waals surface area (Å²) in [4.78, 5) is 19.8. The van der Waals surface area contributed by atoms with Crippen LogP contribution in [0.5, 0.6) is 0 Å². The molecule has 0 aliphatic heterocycles. The molecule has 0 unspecified atom stereocenters. The van der Waals surface area contributed by atoms with Crippen molar-refractivity contribution in [2.45, 2.75) is 13.3 Å². The van der Waals surface area contributed by atoms with Gasteiger partial charge in [0.1, 0.15) is 5.78 Å². The lowest BCUT2D eigenvalue weighted by Gasteiger charge is -1.95. The van der Waals surface area contributed by atoms with E-state index < -0.39 is 5.12 Å². The van der Waals surface area contributed by atoms with Crippen LogP contribution in [0.1, 0.15) is 13.3 Å². The highest BCUT2D eigenvalue weighted by atomic mass is 32.1. The fraction of sp³-hybridized carbons (Fsp3) is 0.500. The first-order valence-electron chi connectivity index (χ1n) is 1.82. The Morgan fingerprint density at radius 2 is 2.00 bits per heavy atom. The van der Waals surface area contributed by atoms with Gasteiger partial charge in [-0.25, -0.2) is 0 Å². The molecular weight excluding hydrogens is 112 g/mol. The SMILES string of the molecule is CC(=O)CC(=O)[S-]. The fourth-order valence-corrected chi connectivity index (χ4v) is 0.407. The summed E-state index contributed by atoms with van der Waals surface area (Å²) in [6, 6.07) is 0. The third kappa shape index (κ3) is 5.56. The summed E-state index contributed by atoms with van der Waals surface area (Å²) < 4.78 is 0. The Hall–Kier alpha value is -0.440. The monoisotopic (exact) mass is 117 g/mol. The van der Waals surface area contributed by atoms with Crippen molar-refractivity contribution in [2.75, 3.05) is 0 Å². The van der Waals surface area contributed by atoms with Gasteiger partial charge in [-0.2, -0.15) is 0 Å². The first kappa shape index (κ1) is 6.56. The molecule has 0 fully saturated rings. The van der Waals surface area contributed by atoms with Gasteiger partial charge in [0.15, 0.2) is 0 Å². The van der Waals surface area contributed by atoms with Gasteiger partial charge >= 0.3 is 0 Å². The largest absolute Gasteiger partial charge is 0.742 e. The van der Waals surface area contributed by atoms with Gasteiger partial charge in [0.25, 0.3) is 0 Å². The molecule has 7 heavy (non-hydrogen) atoms. The van der Waals surface area contributed by atoms with Crippen molar-refractivity contribution >= 4 is 23.5 Å². The summed E-state index contributed by atoms with van der Waals surface area (Å²) in [7, 11) is 0. The van der Waals surface area contributed by atoms with E-state index in [1.807, 2.05) is 0 Å². The number of carbonyl (C=O) groups excluding carboxylic acids is 2. The number of Topliss-reactive ketones (excluding diaryl/α,β-unsaturated/α-hetero) is 1. The molecule has 0 aromatic heterocycles. The summed E-state index contributed by atoms with van der Waals surface area (Å²) in [5.74, 6) is -0.167. The molecule has 0 atom stereocenters. The third-order valence-corrected chi connectivity index (χ3v) is 0.538. The maximum absolute atomic E-state index is 9.97. The standard InChI is InChI=1S/C4H6O2S/c1-3(5)2-4(6)7/h2H2,1H3,(H,6,7)/p-1. The highest BCUT2D eigenvalue weighted by Crippen LogP contribution is 1.79. The first-order valence-corrected chi connectivity index (χ1v) is 2.23. The van der Waals surface area contributed by atoms with Crippen LogP contribution in [0.2, 0.25) is 0 Å². The molecule has 0 aromatic carbocycles. The summed E-state index contributed by atoms with van der Waals surface area (Å²) in [5, 5.41) is -0.479. The predicted molar refractivity (Wildman–Crippen MR) is 27.7 cm³/mol. The van der Waals surface area contributed by atoms with Gasteiger partial charge in [0, 0.05) is 11.5 Å². The van der Waals surface area contributed by atoms with Crippen LogP contribution in [0.15, 0.2) is 0 Å².